The lowest BCUT2D eigenvalue weighted by Crippen LogP contribution is -2.45. The SMILES string of the molecule is COc1ccc([N+](=O)[O-])cc1C[C@H](NC(C)=O)C(N)=O. The lowest BCUT2D eigenvalue weighted by Gasteiger charge is -2.16. The number of amides is 2. The zero-order valence-electron chi connectivity index (χ0n) is 11.1. The van der Waals surface area contributed by atoms with Gasteiger partial charge in [0.15, 0.2) is 0 Å². The van der Waals surface area contributed by atoms with Gasteiger partial charge >= 0.3 is 0 Å². The van der Waals surface area contributed by atoms with E-state index in [1.165, 1.54) is 32.2 Å². The van der Waals surface area contributed by atoms with E-state index >= 15 is 0 Å². The van der Waals surface area contributed by atoms with Crippen molar-refractivity contribution in [1.82, 2.24) is 5.32 Å². The lowest BCUT2D eigenvalue weighted by molar-refractivity contribution is -0.384. The second-order valence-electron chi connectivity index (χ2n) is 4.11. The predicted molar refractivity (Wildman–Crippen MR) is 70.2 cm³/mol. The third-order valence-electron chi connectivity index (χ3n) is 2.62. The van der Waals surface area contributed by atoms with E-state index in [0.29, 0.717) is 11.3 Å². The van der Waals surface area contributed by atoms with Gasteiger partial charge in [-0.2, -0.15) is 0 Å². The number of primary amides is 1. The molecule has 0 heterocycles. The summed E-state index contributed by atoms with van der Waals surface area (Å²) in [7, 11) is 1.41. The molecule has 0 bridgehead atoms. The van der Waals surface area contributed by atoms with E-state index in [-0.39, 0.29) is 12.1 Å². The van der Waals surface area contributed by atoms with Gasteiger partial charge < -0.3 is 15.8 Å². The molecule has 2 amide bonds. The number of rotatable bonds is 6. The molecule has 1 rings (SSSR count). The summed E-state index contributed by atoms with van der Waals surface area (Å²) in [6.45, 7) is 1.25. The summed E-state index contributed by atoms with van der Waals surface area (Å²) in [4.78, 5) is 32.5. The van der Waals surface area contributed by atoms with E-state index < -0.39 is 22.8 Å². The van der Waals surface area contributed by atoms with Crippen molar-refractivity contribution in [3.05, 3.63) is 33.9 Å². The van der Waals surface area contributed by atoms with Crippen LogP contribution in [0, 0.1) is 10.1 Å². The van der Waals surface area contributed by atoms with Crippen molar-refractivity contribution < 1.29 is 19.2 Å². The maximum atomic E-state index is 11.3. The van der Waals surface area contributed by atoms with Gasteiger partial charge in [-0.1, -0.05) is 0 Å². The van der Waals surface area contributed by atoms with Crippen LogP contribution < -0.4 is 15.8 Å². The van der Waals surface area contributed by atoms with Gasteiger partial charge in [-0.25, -0.2) is 0 Å². The molecule has 0 spiro atoms. The van der Waals surface area contributed by atoms with Gasteiger partial charge in [0, 0.05) is 31.0 Å². The monoisotopic (exact) mass is 281 g/mol. The topological polar surface area (TPSA) is 125 Å². The number of benzene rings is 1. The van der Waals surface area contributed by atoms with E-state index in [9.17, 15) is 19.7 Å². The summed E-state index contributed by atoms with van der Waals surface area (Å²) in [5, 5.41) is 13.1. The molecule has 108 valence electrons. The summed E-state index contributed by atoms with van der Waals surface area (Å²) < 4.78 is 5.08. The zero-order chi connectivity index (χ0) is 15.3. The second-order valence-corrected chi connectivity index (χ2v) is 4.11. The third kappa shape index (κ3) is 3.94. The fourth-order valence-electron chi connectivity index (χ4n) is 1.73. The molecular formula is C12H15N3O5. The van der Waals surface area contributed by atoms with Crippen molar-refractivity contribution in [2.24, 2.45) is 5.73 Å². The predicted octanol–water partition coefficient (Wildman–Crippen LogP) is 0.136. The Balaban J connectivity index is 3.09. The first-order valence-electron chi connectivity index (χ1n) is 5.73. The van der Waals surface area contributed by atoms with Gasteiger partial charge in [-0.15, -0.1) is 0 Å². The first-order valence-corrected chi connectivity index (χ1v) is 5.73. The first-order chi connectivity index (χ1) is 9.35. The maximum Gasteiger partial charge on any atom is 0.269 e. The summed E-state index contributed by atoms with van der Waals surface area (Å²) in [6, 6.07) is 3.05. The smallest absolute Gasteiger partial charge is 0.269 e. The number of hydrogen-bond donors (Lipinski definition) is 2. The molecule has 0 aliphatic rings. The van der Waals surface area contributed by atoms with Crippen LogP contribution in [0.2, 0.25) is 0 Å². The molecule has 1 aromatic carbocycles. The largest absolute Gasteiger partial charge is 0.496 e. The number of nitro benzene ring substituents is 1. The van der Waals surface area contributed by atoms with E-state index in [1.54, 1.807) is 0 Å². The Morgan fingerprint density at radius 3 is 2.60 bits per heavy atom. The number of carbonyl (C=O) groups is 2. The number of hydrogen-bond acceptors (Lipinski definition) is 5. The third-order valence-corrected chi connectivity index (χ3v) is 2.62. The van der Waals surface area contributed by atoms with Crippen LogP contribution in [-0.2, 0) is 16.0 Å². The van der Waals surface area contributed by atoms with Gasteiger partial charge in [0.05, 0.1) is 12.0 Å². The average Bonchev–Trinajstić information content (AvgIpc) is 2.37. The minimum atomic E-state index is -0.955. The molecule has 20 heavy (non-hydrogen) atoms. The van der Waals surface area contributed by atoms with Gasteiger partial charge in [0.1, 0.15) is 11.8 Å². The van der Waals surface area contributed by atoms with Crippen LogP contribution in [0.4, 0.5) is 5.69 Å². The number of nitrogens with two attached hydrogens (primary N) is 1. The Bertz CT molecular complexity index is 544. The second kappa shape index (κ2) is 6.50. The van der Waals surface area contributed by atoms with Crippen molar-refractivity contribution in [1.29, 1.82) is 0 Å². The van der Waals surface area contributed by atoms with Gasteiger partial charge in [0.2, 0.25) is 11.8 Å². The summed E-state index contributed by atoms with van der Waals surface area (Å²) in [6.07, 6.45) is 0.0137. The highest BCUT2D eigenvalue weighted by Crippen LogP contribution is 2.25. The standard InChI is InChI=1S/C12H15N3O5/c1-7(16)14-10(12(13)17)6-8-5-9(15(18)19)3-4-11(8)20-2/h3-5,10H,6H2,1-2H3,(H2,13,17)(H,14,16)/t10-/m0/s1. The minimum Gasteiger partial charge on any atom is -0.496 e. The van der Waals surface area contributed by atoms with Crippen molar-refractivity contribution >= 4 is 17.5 Å². The van der Waals surface area contributed by atoms with E-state index in [4.69, 9.17) is 10.5 Å². The van der Waals surface area contributed by atoms with Crippen LogP contribution in [0.25, 0.3) is 0 Å². The van der Waals surface area contributed by atoms with E-state index in [0.717, 1.165) is 0 Å². The average molecular weight is 281 g/mol. The van der Waals surface area contributed by atoms with Crippen LogP contribution in [0.1, 0.15) is 12.5 Å². The molecule has 8 heteroatoms. The Morgan fingerprint density at radius 2 is 2.15 bits per heavy atom. The molecule has 1 aromatic rings. The molecule has 1 atom stereocenters. The number of nitrogens with zero attached hydrogens (tertiary/aromatic N) is 1. The Labute approximate surface area is 115 Å². The van der Waals surface area contributed by atoms with Crippen LogP contribution in [0.5, 0.6) is 5.75 Å². The van der Waals surface area contributed by atoms with Gasteiger partial charge in [-0.3, -0.25) is 19.7 Å². The number of methoxy groups -OCH3 is 1. The van der Waals surface area contributed by atoms with Crippen molar-refractivity contribution in [3.63, 3.8) is 0 Å². The summed E-state index contributed by atoms with van der Waals surface area (Å²) >= 11 is 0. The molecular weight excluding hydrogens is 266 g/mol. The highest BCUT2D eigenvalue weighted by Gasteiger charge is 2.20. The molecule has 0 aromatic heterocycles. The van der Waals surface area contributed by atoms with Crippen LogP contribution in [-0.4, -0.2) is 29.9 Å². The Morgan fingerprint density at radius 1 is 1.50 bits per heavy atom. The molecule has 0 aliphatic heterocycles. The van der Waals surface area contributed by atoms with Crippen molar-refractivity contribution in [2.45, 2.75) is 19.4 Å². The van der Waals surface area contributed by atoms with Gasteiger partial charge in [-0.05, 0) is 6.07 Å². The quantitative estimate of drug-likeness (QED) is 0.566. The van der Waals surface area contributed by atoms with Gasteiger partial charge in [0.25, 0.3) is 5.69 Å². The molecule has 0 saturated carbocycles. The van der Waals surface area contributed by atoms with Crippen molar-refractivity contribution in [3.8, 4) is 5.75 Å². The molecule has 0 aliphatic carbocycles. The lowest BCUT2D eigenvalue weighted by atomic mass is 10.0. The molecule has 3 N–H and O–H groups in total. The van der Waals surface area contributed by atoms with Crippen LogP contribution in [0.3, 0.4) is 0 Å². The normalized spacial score (nSPS) is 11.5. The first kappa shape index (κ1) is 15.4. The Hall–Kier alpha value is -2.64. The number of ether oxygens (including phenoxy) is 1. The Kier molecular flexibility index (Phi) is 5.01. The number of nitro groups is 1. The highest BCUT2D eigenvalue weighted by atomic mass is 16.6. The fourth-order valence-corrected chi connectivity index (χ4v) is 1.73. The molecule has 0 unspecified atom stereocenters. The fraction of sp³-hybridized carbons (Fsp3) is 0.333. The molecule has 8 nitrogen and oxygen atoms in total. The minimum absolute atomic E-state index is 0.0137. The van der Waals surface area contributed by atoms with Crippen LogP contribution in [0.15, 0.2) is 18.2 Å². The number of carbonyl (C=O) groups excluding carboxylic acids is 2. The molecule has 0 fully saturated rings. The van der Waals surface area contributed by atoms with E-state index in [1.807, 2.05) is 0 Å². The van der Waals surface area contributed by atoms with Crippen LogP contribution >= 0.6 is 0 Å². The van der Waals surface area contributed by atoms with Crippen molar-refractivity contribution in [2.75, 3.05) is 7.11 Å². The number of non-ortho nitro benzene ring substituents is 1. The van der Waals surface area contributed by atoms with E-state index in [2.05, 4.69) is 5.32 Å². The highest BCUT2D eigenvalue weighted by molar-refractivity contribution is 5.86. The number of nitrogens with one attached hydrogen (secondary N) is 1. The maximum absolute atomic E-state index is 11.3. The zero-order valence-corrected chi connectivity index (χ0v) is 11.1. The molecule has 0 saturated heterocycles. The summed E-state index contributed by atoms with van der Waals surface area (Å²) in [5.74, 6) is -0.765. The molecule has 0 radical (unpaired) electrons. The summed E-state index contributed by atoms with van der Waals surface area (Å²) in [5.41, 5.74) is 5.48.